The second-order valence-electron chi connectivity index (χ2n) is 5.46. The summed E-state index contributed by atoms with van der Waals surface area (Å²) in [6.45, 7) is 4.52. The van der Waals surface area contributed by atoms with Crippen LogP contribution in [-0.4, -0.2) is 24.6 Å². The van der Waals surface area contributed by atoms with Crippen molar-refractivity contribution in [2.24, 2.45) is 0 Å². The molecule has 19 heavy (non-hydrogen) atoms. The summed E-state index contributed by atoms with van der Waals surface area (Å²) in [6, 6.07) is 6.89. The van der Waals surface area contributed by atoms with E-state index in [1.54, 1.807) is 7.11 Å². The van der Waals surface area contributed by atoms with Crippen molar-refractivity contribution >= 4 is 5.69 Å². The molecule has 0 spiro atoms. The minimum atomic E-state index is 0.728. The fraction of sp³-hybridized carbons (Fsp3) is 0.625. The molecule has 0 saturated carbocycles. The summed E-state index contributed by atoms with van der Waals surface area (Å²) in [5, 5.41) is 0. The number of likely N-dealkylation sites (tertiary alicyclic amines) is 1. The Morgan fingerprint density at radius 3 is 2.84 bits per heavy atom. The van der Waals surface area contributed by atoms with E-state index >= 15 is 0 Å². The maximum absolute atomic E-state index is 5.99. The van der Waals surface area contributed by atoms with Crippen molar-refractivity contribution in [1.82, 2.24) is 4.90 Å². The van der Waals surface area contributed by atoms with E-state index in [4.69, 9.17) is 10.5 Å². The predicted octanol–water partition coefficient (Wildman–Crippen LogP) is 3.43. The summed E-state index contributed by atoms with van der Waals surface area (Å²) in [5.41, 5.74) is 8.02. The summed E-state index contributed by atoms with van der Waals surface area (Å²) < 4.78 is 5.21. The lowest BCUT2D eigenvalue weighted by atomic mass is 10.1. The van der Waals surface area contributed by atoms with E-state index in [-0.39, 0.29) is 0 Å². The van der Waals surface area contributed by atoms with Gasteiger partial charge in [-0.25, -0.2) is 0 Å². The quantitative estimate of drug-likeness (QED) is 0.845. The zero-order valence-corrected chi connectivity index (χ0v) is 12.2. The second kappa shape index (κ2) is 6.80. The fourth-order valence-electron chi connectivity index (χ4n) is 3.02. The molecule has 1 fully saturated rings. The molecule has 1 aliphatic rings. The van der Waals surface area contributed by atoms with Crippen molar-refractivity contribution in [3.05, 3.63) is 23.8 Å². The number of hydrogen-bond donors (Lipinski definition) is 1. The SMILES string of the molecule is CCC1CCCCCN1Cc1ccc(OC)c(N)c1. The maximum atomic E-state index is 5.99. The van der Waals surface area contributed by atoms with Crippen LogP contribution in [0.4, 0.5) is 5.69 Å². The molecule has 3 heteroatoms. The van der Waals surface area contributed by atoms with Gasteiger partial charge in [-0.15, -0.1) is 0 Å². The number of nitrogens with two attached hydrogens (primary N) is 1. The standard InChI is InChI=1S/C16H26N2O/c1-3-14-7-5-4-6-10-18(14)12-13-8-9-16(19-2)15(17)11-13/h8-9,11,14H,3-7,10,12,17H2,1-2H3. The van der Waals surface area contributed by atoms with Crippen LogP contribution in [0.15, 0.2) is 18.2 Å². The Balaban J connectivity index is 2.07. The largest absolute Gasteiger partial charge is 0.495 e. The van der Waals surface area contributed by atoms with Crippen LogP contribution in [-0.2, 0) is 6.54 Å². The van der Waals surface area contributed by atoms with Crippen LogP contribution in [0, 0.1) is 0 Å². The lowest BCUT2D eigenvalue weighted by molar-refractivity contribution is 0.186. The molecule has 1 aliphatic heterocycles. The second-order valence-corrected chi connectivity index (χ2v) is 5.46. The zero-order valence-electron chi connectivity index (χ0n) is 12.2. The Morgan fingerprint density at radius 2 is 2.16 bits per heavy atom. The molecule has 1 heterocycles. The van der Waals surface area contributed by atoms with Gasteiger partial charge in [-0.2, -0.15) is 0 Å². The first-order valence-corrected chi connectivity index (χ1v) is 7.41. The topological polar surface area (TPSA) is 38.5 Å². The average molecular weight is 262 g/mol. The first-order chi connectivity index (χ1) is 9.24. The van der Waals surface area contributed by atoms with Gasteiger partial charge in [0.2, 0.25) is 0 Å². The van der Waals surface area contributed by atoms with Crippen molar-refractivity contribution in [1.29, 1.82) is 0 Å². The molecule has 0 radical (unpaired) electrons. The highest BCUT2D eigenvalue weighted by Crippen LogP contribution is 2.25. The van der Waals surface area contributed by atoms with E-state index in [1.807, 2.05) is 6.07 Å². The molecule has 0 amide bonds. The van der Waals surface area contributed by atoms with Crippen molar-refractivity contribution in [2.45, 2.75) is 51.6 Å². The van der Waals surface area contributed by atoms with Gasteiger partial charge < -0.3 is 10.5 Å². The van der Waals surface area contributed by atoms with Crippen LogP contribution < -0.4 is 10.5 Å². The lowest BCUT2D eigenvalue weighted by Crippen LogP contribution is -2.33. The third kappa shape index (κ3) is 3.63. The van der Waals surface area contributed by atoms with Gasteiger partial charge in [0.25, 0.3) is 0 Å². The Hall–Kier alpha value is -1.22. The minimum Gasteiger partial charge on any atom is -0.495 e. The Kier molecular flexibility index (Phi) is 5.08. The van der Waals surface area contributed by atoms with Crippen molar-refractivity contribution in [2.75, 3.05) is 19.4 Å². The highest BCUT2D eigenvalue weighted by molar-refractivity contribution is 5.54. The van der Waals surface area contributed by atoms with Crippen LogP contribution in [0.3, 0.4) is 0 Å². The number of hydrogen-bond acceptors (Lipinski definition) is 3. The maximum Gasteiger partial charge on any atom is 0.141 e. The Bertz CT molecular complexity index is 406. The Morgan fingerprint density at radius 1 is 1.32 bits per heavy atom. The molecule has 1 aromatic carbocycles. The number of anilines is 1. The van der Waals surface area contributed by atoms with Crippen LogP contribution in [0.1, 0.15) is 44.6 Å². The van der Waals surface area contributed by atoms with Gasteiger partial charge in [-0.3, -0.25) is 4.90 Å². The van der Waals surface area contributed by atoms with Crippen molar-refractivity contribution < 1.29 is 4.74 Å². The van der Waals surface area contributed by atoms with Crippen molar-refractivity contribution in [3.63, 3.8) is 0 Å². The number of benzene rings is 1. The van der Waals surface area contributed by atoms with Gasteiger partial charge in [-0.1, -0.05) is 25.8 Å². The third-order valence-electron chi connectivity index (χ3n) is 4.15. The molecule has 0 aromatic heterocycles. The molecule has 1 unspecified atom stereocenters. The van der Waals surface area contributed by atoms with E-state index in [2.05, 4.69) is 24.0 Å². The highest BCUT2D eigenvalue weighted by atomic mass is 16.5. The highest BCUT2D eigenvalue weighted by Gasteiger charge is 2.19. The molecule has 2 rings (SSSR count). The van der Waals surface area contributed by atoms with E-state index < -0.39 is 0 Å². The minimum absolute atomic E-state index is 0.728. The monoisotopic (exact) mass is 262 g/mol. The molecule has 106 valence electrons. The number of nitrogens with zero attached hydrogens (tertiary/aromatic N) is 1. The summed E-state index contributed by atoms with van der Waals surface area (Å²) in [5.74, 6) is 0.770. The number of methoxy groups -OCH3 is 1. The number of nitrogen functional groups attached to an aromatic ring is 1. The molecule has 3 nitrogen and oxygen atoms in total. The van der Waals surface area contributed by atoms with Gasteiger partial charge >= 0.3 is 0 Å². The van der Waals surface area contributed by atoms with E-state index in [9.17, 15) is 0 Å². The van der Waals surface area contributed by atoms with E-state index in [0.29, 0.717) is 0 Å². The molecule has 0 bridgehead atoms. The smallest absolute Gasteiger partial charge is 0.141 e. The zero-order chi connectivity index (χ0) is 13.7. The van der Waals surface area contributed by atoms with Crippen LogP contribution in [0.25, 0.3) is 0 Å². The van der Waals surface area contributed by atoms with Crippen LogP contribution in [0.2, 0.25) is 0 Å². The van der Waals surface area contributed by atoms with Gasteiger partial charge in [-0.05, 0) is 43.5 Å². The normalized spacial score (nSPS) is 21.1. The van der Waals surface area contributed by atoms with Crippen molar-refractivity contribution in [3.8, 4) is 5.75 Å². The van der Waals surface area contributed by atoms with E-state index in [0.717, 1.165) is 24.0 Å². The van der Waals surface area contributed by atoms with Crippen LogP contribution in [0.5, 0.6) is 5.75 Å². The summed E-state index contributed by atoms with van der Waals surface area (Å²) in [4.78, 5) is 2.62. The molecule has 1 saturated heterocycles. The molecule has 1 atom stereocenters. The number of ether oxygens (including phenoxy) is 1. The number of rotatable bonds is 4. The third-order valence-corrected chi connectivity index (χ3v) is 4.15. The summed E-state index contributed by atoms with van der Waals surface area (Å²) in [7, 11) is 1.66. The first-order valence-electron chi connectivity index (χ1n) is 7.41. The van der Waals surface area contributed by atoms with Gasteiger partial charge in [0, 0.05) is 12.6 Å². The van der Waals surface area contributed by atoms with Gasteiger partial charge in [0.1, 0.15) is 5.75 Å². The van der Waals surface area contributed by atoms with Gasteiger partial charge in [0.05, 0.1) is 12.8 Å². The Labute approximate surface area is 116 Å². The van der Waals surface area contributed by atoms with Crippen LogP contribution >= 0.6 is 0 Å². The predicted molar refractivity (Wildman–Crippen MR) is 80.4 cm³/mol. The molecule has 0 aliphatic carbocycles. The molecular weight excluding hydrogens is 236 g/mol. The molecule has 1 aromatic rings. The first kappa shape index (κ1) is 14.2. The summed E-state index contributed by atoms with van der Waals surface area (Å²) in [6.07, 6.45) is 6.65. The van der Waals surface area contributed by atoms with Gasteiger partial charge in [0.15, 0.2) is 0 Å². The average Bonchev–Trinajstić information content (AvgIpc) is 2.64. The summed E-state index contributed by atoms with van der Waals surface area (Å²) >= 11 is 0. The molecular formula is C16H26N2O. The van der Waals surface area contributed by atoms with E-state index in [1.165, 1.54) is 44.2 Å². The molecule has 2 N–H and O–H groups in total. The fourth-order valence-corrected chi connectivity index (χ4v) is 3.02. The lowest BCUT2D eigenvalue weighted by Gasteiger charge is -2.29.